The molecule has 0 atom stereocenters. The molecule has 3 aromatic heterocycles. The van der Waals surface area contributed by atoms with Crippen LogP contribution in [0.1, 0.15) is 42.8 Å². The summed E-state index contributed by atoms with van der Waals surface area (Å²) >= 11 is 6.75. The SMILES string of the molecule is Cn1cnnc1C1(c2cccc(-n3cc(Cl)c4cc(CO)n(COCC[Si](C)(C)C)c4c3=O)c2)CC2(CC2)C1. The lowest BCUT2D eigenvalue weighted by Gasteiger charge is -2.48. The van der Waals surface area contributed by atoms with E-state index in [0.29, 0.717) is 33.6 Å². The largest absolute Gasteiger partial charge is 0.390 e. The van der Waals surface area contributed by atoms with Crippen molar-refractivity contribution in [2.75, 3.05) is 6.61 Å². The van der Waals surface area contributed by atoms with Crippen molar-refractivity contribution in [1.29, 1.82) is 0 Å². The van der Waals surface area contributed by atoms with Gasteiger partial charge in [-0.25, -0.2) is 0 Å². The maximum atomic E-state index is 14.0. The van der Waals surface area contributed by atoms with E-state index in [2.05, 4.69) is 42.0 Å². The molecule has 206 valence electrons. The number of hydrogen-bond donors (Lipinski definition) is 1. The predicted octanol–water partition coefficient (Wildman–Crippen LogP) is 5.24. The zero-order chi connectivity index (χ0) is 27.6. The van der Waals surface area contributed by atoms with Crippen LogP contribution in [0.4, 0.5) is 0 Å². The molecule has 0 radical (unpaired) electrons. The predicted molar refractivity (Wildman–Crippen MR) is 155 cm³/mol. The highest BCUT2D eigenvalue weighted by atomic mass is 35.5. The Morgan fingerprint density at radius 1 is 1.18 bits per heavy atom. The topological polar surface area (TPSA) is 87.1 Å². The van der Waals surface area contributed by atoms with Crippen molar-refractivity contribution in [3.8, 4) is 5.69 Å². The van der Waals surface area contributed by atoms with E-state index in [9.17, 15) is 9.90 Å². The average molecular weight is 566 g/mol. The number of benzene rings is 1. The van der Waals surface area contributed by atoms with Crippen LogP contribution < -0.4 is 5.56 Å². The van der Waals surface area contributed by atoms with Gasteiger partial charge in [-0.3, -0.25) is 9.36 Å². The molecular weight excluding hydrogens is 530 g/mol. The molecule has 1 aromatic carbocycles. The summed E-state index contributed by atoms with van der Waals surface area (Å²) in [4.78, 5) is 14.0. The fraction of sp³-hybridized carbons (Fsp3) is 0.483. The van der Waals surface area contributed by atoms with E-state index in [4.69, 9.17) is 16.3 Å². The highest BCUT2D eigenvalue weighted by Gasteiger charge is 2.63. The summed E-state index contributed by atoms with van der Waals surface area (Å²) < 4.78 is 11.4. The minimum atomic E-state index is -1.26. The van der Waals surface area contributed by atoms with Gasteiger partial charge in [0.1, 0.15) is 24.4 Å². The van der Waals surface area contributed by atoms with E-state index in [0.717, 1.165) is 36.0 Å². The molecule has 8 nitrogen and oxygen atoms in total. The van der Waals surface area contributed by atoms with Crippen LogP contribution in [0.3, 0.4) is 0 Å². The number of halogens is 1. The molecule has 3 heterocycles. The molecule has 0 amide bonds. The number of hydrogen-bond acceptors (Lipinski definition) is 5. The molecule has 4 aromatic rings. The lowest BCUT2D eigenvalue weighted by Crippen LogP contribution is -2.45. The van der Waals surface area contributed by atoms with Crippen LogP contribution in [0.15, 0.2) is 47.7 Å². The van der Waals surface area contributed by atoms with Crippen molar-refractivity contribution in [2.45, 2.75) is 70.1 Å². The van der Waals surface area contributed by atoms with Crippen LogP contribution in [0.2, 0.25) is 30.7 Å². The number of pyridine rings is 1. The van der Waals surface area contributed by atoms with Gasteiger partial charge >= 0.3 is 0 Å². The van der Waals surface area contributed by atoms with Crippen molar-refractivity contribution < 1.29 is 9.84 Å². The number of rotatable bonds is 9. The molecule has 39 heavy (non-hydrogen) atoms. The molecule has 0 unspecified atom stereocenters. The standard InChI is InChI=1S/C29H36ClN5O3Si/c1-33-18-31-32-27(33)29(16-28(17-29)8-9-28)20-6-5-7-21(12-20)34-14-24(30)23-13-22(15-36)35(25(23)26(34)37)19-38-10-11-39(2,3)4/h5-7,12-14,18,36H,8-11,15-17,19H2,1-4H3. The number of nitrogens with zero attached hydrogens (tertiary/aromatic N) is 5. The first kappa shape index (κ1) is 26.5. The Labute approximate surface area is 234 Å². The number of aromatic nitrogens is 5. The maximum absolute atomic E-state index is 14.0. The van der Waals surface area contributed by atoms with Crippen molar-refractivity contribution in [2.24, 2.45) is 12.5 Å². The molecule has 2 aliphatic carbocycles. The third-order valence-electron chi connectivity index (χ3n) is 8.61. The monoisotopic (exact) mass is 565 g/mol. The van der Waals surface area contributed by atoms with Gasteiger partial charge in [-0.1, -0.05) is 43.4 Å². The zero-order valence-corrected chi connectivity index (χ0v) is 24.8. The van der Waals surface area contributed by atoms with Crippen molar-refractivity contribution in [3.05, 3.63) is 75.3 Å². The first-order valence-corrected chi connectivity index (χ1v) is 17.7. The van der Waals surface area contributed by atoms with Gasteiger partial charge in [0.15, 0.2) is 0 Å². The van der Waals surface area contributed by atoms with Gasteiger partial charge in [-0.2, -0.15) is 0 Å². The van der Waals surface area contributed by atoms with E-state index >= 15 is 0 Å². The second-order valence-electron chi connectivity index (χ2n) is 12.7. The summed E-state index contributed by atoms with van der Waals surface area (Å²) in [6.45, 7) is 7.50. The summed E-state index contributed by atoms with van der Waals surface area (Å²) in [6.07, 6.45) is 8.06. The first-order valence-electron chi connectivity index (χ1n) is 13.6. The Balaban J connectivity index is 1.41. The molecule has 0 aliphatic heterocycles. The van der Waals surface area contributed by atoms with Crippen LogP contribution in [0, 0.1) is 5.41 Å². The maximum Gasteiger partial charge on any atom is 0.279 e. The molecule has 10 heteroatoms. The van der Waals surface area contributed by atoms with Gasteiger partial charge in [0.2, 0.25) is 0 Å². The van der Waals surface area contributed by atoms with Crippen LogP contribution in [0.5, 0.6) is 0 Å². The Hall–Kier alpha value is -2.72. The van der Waals surface area contributed by atoms with Crippen LogP contribution >= 0.6 is 11.6 Å². The normalized spacial score (nSPS) is 17.6. The van der Waals surface area contributed by atoms with Crippen molar-refractivity contribution in [1.82, 2.24) is 23.9 Å². The lowest BCUT2D eigenvalue weighted by molar-refractivity contribution is 0.0852. The third kappa shape index (κ3) is 4.59. The fourth-order valence-electron chi connectivity index (χ4n) is 6.29. The third-order valence-corrected chi connectivity index (χ3v) is 10.6. The van der Waals surface area contributed by atoms with Gasteiger partial charge in [-0.05, 0) is 60.9 Å². The highest BCUT2D eigenvalue weighted by molar-refractivity contribution is 6.76. The highest BCUT2D eigenvalue weighted by Crippen LogP contribution is 2.70. The minimum absolute atomic E-state index is 0.191. The number of aryl methyl sites for hydroxylation is 1. The minimum Gasteiger partial charge on any atom is -0.390 e. The Bertz CT molecular complexity index is 1600. The fourth-order valence-corrected chi connectivity index (χ4v) is 7.29. The molecular formula is C29H36ClN5O3Si. The first-order chi connectivity index (χ1) is 18.6. The number of aliphatic hydroxyl groups is 1. The average Bonchev–Trinajstić information content (AvgIpc) is 3.39. The van der Waals surface area contributed by atoms with E-state index in [1.54, 1.807) is 27.7 Å². The van der Waals surface area contributed by atoms with Gasteiger partial charge < -0.3 is 19.0 Å². The van der Waals surface area contributed by atoms with E-state index in [1.165, 1.54) is 12.8 Å². The van der Waals surface area contributed by atoms with E-state index in [1.807, 2.05) is 23.7 Å². The lowest BCUT2D eigenvalue weighted by atomic mass is 9.56. The Morgan fingerprint density at radius 2 is 1.95 bits per heavy atom. The number of fused-ring (bicyclic) bond motifs is 1. The van der Waals surface area contributed by atoms with Gasteiger partial charge in [0.05, 0.1) is 17.0 Å². The summed E-state index contributed by atoms with van der Waals surface area (Å²) in [5.41, 5.74) is 2.94. The van der Waals surface area contributed by atoms with Crippen molar-refractivity contribution >= 4 is 30.6 Å². The van der Waals surface area contributed by atoms with Crippen LogP contribution in [0.25, 0.3) is 16.6 Å². The summed E-state index contributed by atoms with van der Waals surface area (Å²) in [5, 5.41) is 19.8. The quantitative estimate of drug-likeness (QED) is 0.221. The van der Waals surface area contributed by atoms with Crippen molar-refractivity contribution in [3.63, 3.8) is 0 Å². The molecule has 1 N–H and O–H groups in total. The second kappa shape index (κ2) is 9.44. The molecule has 0 saturated heterocycles. The summed E-state index contributed by atoms with van der Waals surface area (Å²) in [6, 6.07) is 11.0. The Kier molecular flexibility index (Phi) is 6.41. The molecule has 1 spiro atoms. The second-order valence-corrected chi connectivity index (χ2v) is 18.8. The van der Waals surface area contributed by atoms with E-state index in [-0.39, 0.29) is 24.3 Å². The summed E-state index contributed by atoms with van der Waals surface area (Å²) in [7, 11) is 0.739. The van der Waals surface area contributed by atoms with Gasteiger partial charge in [-0.15, -0.1) is 10.2 Å². The van der Waals surface area contributed by atoms with Gasteiger partial charge in [0, 0.05) is 44.7 Å². The molecule has 2 aliphatic rings. The zero-order valence-electron chi connectivity index (χ0n) is 23.1. The van der Waals surface area contributed by atoms with E-state index < -0.39 is 8.07 Å². The van der Waals surface area contributed by atoms with Gasteiger partial charge in [0.25, 0.3) is 5.56 Å². The number of aliphatic hydroxyl groups excluding tert-OH is 1. The molecule has 6 rings (SSSR count). The molecule has 2 fully saturated rings. The molecule has 0 bridgehead atoms. The Morgan fingerprint density at radius 3 is 2.59 bits per heavy atom. The number of ether oxygens (including phenoxy) is 1. The van der Waals surface area contributed by atoms with Crippen LogP contribution in [-0.2, 0) is 30.5 Å². The summed E-state index contributed by atoms with van der Waals surface area (Å²) in [5.74, 6) is 0.968. The molecule has 2 saturated carbocycles. The van der Waals surface area contributed by atoms with Crippen LogP contribution in [-0.4, -0.2) is 43.7 Å². The smallest absolute Gasteiger partial charge is 0.279 e.